The number of imidazole rings is 1. The standard InChI is InChI=1S/C25H21ClN6O/c1-33-21-12-6-11-19-22(21)30-25(31-23(19)28-14-16-7-3-2-4-8-16)32-15-20(29-24(32)27)17-9-5-10-18(26)13-17/h2-13,15H,14H2,1H3,(H2,27,29)(H,28,30,31). The molecule has 0 aliphatic rings. The highest BCUT2D eigenvalue weighted by Gasteiger charge is 2.16. The van der Waals surface area contributed by atoms with E-state index in [2.05, 4.69) is 22.4 Å². The minimum Gasteiger partial charge on any atom is -0.494 e. The van der Waals surface area contributed by atoms with Gasteiger partial charge in [0.15, 0.2) is 0 Å². The zero-order valence-electron chi connectivity index (χ0n) is 17.9. The number of methoxy groups -OCH3 is 1. The van der Waals surface area contributed by atoms with Gasteiger partial charge in [-0.15, -0.1) is 0 Å². The van der Waals surface area contributed by atoms with Gasteiger partial charge in [0.05, 0.1) is 12.8 Å². The number of rotatable bonds is 6. The van der Waals surface area contributed by atoms with E-state index < -0.39 is 0 Å². The van der Waals surface area contributed by atoms with Crippen LogP contribution in [0.2, 0.25) is 5.02 Å². The van der Waals surface area contributed by atoms with Gasteiger partial charge in [-0.25, -0.2) is 9.97 Å². The number of fused-ring (bicyclic) bond motifs is 1. The minimum absolute atomic E-state index is 0.272. The average molecular weight is 457 g/mol. The van der Waals surface area contributed by atoms with Crippen molar-refractivity contribution in [1.29, 1.82) is 0 Å². The molecule has 3 aromatic carbocycles. The molecule has 0 saturated carbocycles. The van der Waals surface area contributed by atoms with Crippen molar-refractivity contribution in [2.24, 2.45) is 0 Å². The van der Waals surface area contributed by atoms with Crippen LogP contribution in [0.1, 0.15) is 5.56 Å². The normalized spacial score (nSPS) is 11.0. The molecule has 0 saturated heterocycles. The van der Waals surface area contributed by atoms with Crippen molar-refractivity contribution < 1.29 is 4.74 Å². The third-order valence-electron chi connectivity index (χ3n) is 5.27. The van der Waals surface area contributed by atoms with Crippen LogP contribution in [0, 0.1) is 0 Å². The van der Waals surface area contributed by atoms with Crippen LogP contribution in [0.5, 0.6) is 5.75 Å². The lowest BCUT2D eigenvalue weighted by atomic mass is 10.2. The van der Waals surface area contributed by atoms with E-state index in [1.54, 1.807) is 17.9 Å². The molecule has 0 amide bonds. The molecule has 7 nitrogen and oxygen atoms in total. The van der Waals surface area contributed by atoms with Gasteiger partial charge >= 0.3 is 0 Å². The van der Waals surface area contributed by atoms with E-state index in [-0.39, 0.29) is 5.95 Å². The Kier molecular flexibility index (Phi) is 5.54. The molecular weight excluding hydrogens is 436 g/mol. The van der Waals surface area contributed by atoms with Crippen LogP contribution >= 0.6 is 11.6 Å². The summed E-state index contributed by atoms with van der Waals surface area (Å²) in [5.41, 5.74) is 9.62. The number of nitrogens with zero attached hydrogens (tertiary/aromatic N) is 4. The lowest BCUT2D eigenvalue weighted by Gasteiger charge is -2.13. The number of benzene rings is 3. The molecule has 0 fully saturated rings. The minimum atomic E-state index is 0.272. The van der Waals surface area contributed by atoms with E-state index in [0.29, 0.717) is 40.3 Å². The second-order valence-corrected chi connectivity index (χ2v) is 7.87. The molecule has 0 spiro atoms. The highest BCUT2D eigenvalue weighted by atomic mass is 35.5. The molecule has 5 aromatic rings. The van der Waals surface area contributed by atoms with Gasteiger partial charge in [0.1, 0.15) is 17.1 Å². The van der Waals surface area contributed by atoms with Crippen LogP contribution in [0.25, 0.3) is 28.1 Å². The summed E-state index contributed by atoms with van der Waals surface area (Å²) >= 11 is 6.15. The number of aromatic nitrogens is 4. The maximum absolute atomic E-state index is 6.27. The van der Waals surface area contributed by atoms with Crippen LogP contribution < -0.4 is 15.8 Å². The summed E-state index contributed by atoms with van der Waals surface area (Å²) in [6, 6.07) is 23.3. The van der Waals surface area contributed by atoms with E-state index in [1.807, 2.05) is 60.7 Å². The summed E-state index contributed by atoms with van der Waals surface area (Å²) in [4.78, 5) is 14.0. The lowest BCUT2D eigenvalue weighted by Crippen LogP contribution is -2.09. The zero-order chi connectivity index (χ0) is 22.8. The van der Waals surface area contributed by atoms with Crippen LogP contribution in [0.4, 0.5) is 11.8 Å². The molecular formula is C25H21ClN6O. The van der Waals surface area contributed by atoms with Gasteiger partial charge in [-0.05, 0) is 29.8 Å². The molecule has 0 bridgehead atoms. The van der Waals surface area contributed by atoms with Crippen molar-refractivity contribution in [3.05, 3.63) is 89.6 Å². The largest absolute Gasteiger partial charge is 0.494 e. The maximum atomic E-state index is 6.27. The van der Waals surface area contributed by atoms with Crippen LogP contribution in [-0.4, -0.2) is 26.6 Å². The Bertz CT molecular complexity index is 1430. The highest BCUT2D eigenvalue weighted by molar-refractivity contribution is 6.30. The molecule has 2 aromatic heterocycles. The fourth-order valence-corrected chi connectivity index (χ4v) is 3.83. The summed E-state index contributed by atoms with van der Waals surface area (Å²) in [6.07, 6.45) is 1.80. The van der Waals surface area contributed by atoms with E-state index in [0.717, 1.165) is 16.5 Å². The number of nitrogens with one attached hydrogen (secondary N) is 1. The molecule has 0 aliphatic heterocycles. The first-order chi connectivity index (χ1) is 16.1. The fourth-order valence-electron chi connectivity index (χ4n) is 3.64. The maximum Gasteiger partial charge on any atom is 0.239 e. The number of anilines is 2. The summed E-state index contributed by atoms with van der Waals surface area (Å²) in [5.74, 6) is 1.98. The van der Waals surface area contributed by atoms with Crippen LogP contribution in [-0.2, 0) is 6.54 Å². The third-order valence-corrected chi connectivity index (χ3v) is 5.50. The molecule has 0 unspecified atom stereocenters. The topological polar surface area (TPSA) is 90.9 Å². The molecule has 33 heavy (non-hydrogen) atoms. The summed E-state index contributed by atoms with van der Waals surface area (Å²) < 4.78 is 7.23. The van der Waals surface area contributed by atoms with Crippen molar-refractivity contribution >= 4 is 34.3 Å². The predicted octanol–water partition coefficient (Wildman–Crippen LogP) is 5.34. The smallest absolute Gasteiger partial charge is 0.239 e. The first-order valence-corrected chi connectivity index (χ1v) is 10.7. The summed E-state index contributed by atoms with van der Waals surface area (Å²) in [7, 11) is 1.62. The zero-order valence-corrected chi connectivity index (χ0v) is 18.6. The number of nitrogen functional groups attached to an aromatic ring is 1. The Morgan fingerprint density at radius 2 is 1.79 bits per heavy atom. The number of nitrogens with two attached hydrogens (primary N) is 1. The van der Waals surface area contributed by atoms with Gasteiger partial charge in [0.2, 0.25) is 11.9 Å². The van der Waals surface area contributed by atoms with Gasteiger partial charge in [-0.1, -0.05) is 60.1 Å². The van der Waals surface area contributed by atoms with Crippen molar-refractivity contribution in [2.75, 3.05) is 18.2 Å². The van der Waals surface area contributed by atoms with Gasteiger partial charge in [0, 0.05) is 28.7 Å². The van der Waals surface area contributed by atoms with Gasteiger partial charge in [0.25, 0.3) is 0 Å². The summed E-state index contributed by atoms with van der Waals surface area (Å²) in [6.45, 7) is 0.608. The van der Waals surface area contributed by atoms with Gasteiger partial charge in [-0.2, -0.15) is 4.98 Å². The number of para-hydroxylation sites is 1. The first kappa shape index (κ1) is 20.8. The van der Waals surface area contributed by atoms with E-state index in [4.69, 9.17) is 32.0 Å². The summed E-state index contributed by atoms with van der Waals surface area (Å²) in [5, 5.41) is 4.91. The lowest BCUT2D eigenvalue weighted by molar-refractivity contribution is 0.419. The quantitative estimate of drug-likeness (QED) is 0.358. The number of hydrogen-bond acceptors (Lipinski definition) is 6. The van der Waals surface area contributed by atoms with Crippen molar-refractivity contribution in [2.45, 2.75) is 6.54 Å². The third kappa shape index (κ3) is 4.18. The number of ether oxygens (including phenoxy) is 1. The number of hydrogen-bond donors (Lipinski definition) is 2. The first-order valence-electron chi connectivity index (χ1n) is 10.4. The highest BCUT2D eigenvalue weighted by Crippen LogP contribution is 2.31. The van der Waals surface area contributed by atoms with Gasteiger partial charge < -0.3 is 15.8 Å². The Morgan fingerprint density at radius 3 is 2.58 bits per heavy atom. The van der Waals surface area contributed by atoms with E-state index >= 15 is 0 Å². The van der Waals surface area contributed by atoms with Crippen molar-refractivity contribution in [1.82, 2.24) is 19.5 Å². The second kappa shape index (κ2) is 8.80. The molecule has 164 valence electrons. The number of halogens is 1. The van der Waals surface area contributed by atoms with E-state index in [1.165, 1.54) is 0 Å². The van der Waals surface area contributed by atoms with Crippen molar-refractivity contribution in [3.63, 3.8) is 0 Å². The van der Waals surface area contributed by atoms with Gasteiger partial charge in [-0.3, -0.25) is 4.57 Å². The SMILES string of the molecule is COc1cccc2c(NCc3ccccc3)nc(-n3cc(-c4cccc(Cl)c4)nc3N)nc12. The second-order valence-electron chi connectivity index (χ2n) is 7.43. The molecule has 3 N–H and O–H groups in total. The van der Waals surface area contributed by atoms with E-state index in [9.17, 15) is 0 Å². The molecule has 5 rings (SSSR count). The average Bonchev–Trinajstić information content (AvgIpc) is 3.24. The predicted molar refractivity (Wildman–Crippen MR) is 132 cm³/mol. The molecule has 0 aliphatic carbocycles. The van der Waals surface area contributed by atoms with Crippen molar-refractivity contribution in [3.8, 4) is 23.0 Å². The Balaban J connectivity index is 1.61. The molecule has 8 heteroatoms. The fraction of sp³-hybridized carbons (Fsp3) is 0.0800. The molecule has 0 atom stereocenters. The monoisotopic (exact) mass is 456 g/mol. The Hall–Kier alpha value is -4.10. The van der Waals surface area contributed by atoms with Crippen LogP contribution in [0.15, 0.2) is 79.0 Å². The van der Waals surface area contributed by atoms with Crippen LogP contribution in [0.3, 0.4) is 0 Å². The Labute approximate surface area is 195 Å². The Morgan fingerprint density at radius 1 is 0.970 bits per heavy atom. The molecule has 2 heterocycles. The molecule has 0 radical (unpaired) electrons.